The predicted octanol–water partition coefficient (Wildman–Crippen LogP) is 1.55. The lowest BCUT2D eigenvalue weighted by Crippen LogP contribution is -2.41. The van der Waals surface area contributed by atoms with E-state index in [0.29, 0.717) is 5.88 Å². The van der Waals surface area contributed by atoms with Crippen molar-refractivity contribution in [2.45, 2.75) is 45.1 Å². The van der Waals surface area contributed by atoms with Crippen LogP contribution in [0.15, 0.2) is 22.6 Å². The number of pyridine rings is 1. The van der Waals surface area contributed by atoms with Gasteiger partial charge in [0.1, 0.15) is 0 Å². The fourth-order valence-electron chi connectivity index (χ4n) is 2.63. The van der Waals surface area contributed by atoms with Gasteiger partial charge in [0.2, 0.25) is 5.88 Å². The zero-order valence-electron chi connectivity index (χ0n) is 15.3. The van der Waals surface area contributed by atoms with Crippen molar-refractivity contribution in [3.63, 3.8) is 0 Å². The summed E-state index contributed by atoms with van der Waals surface area (Å²) in [5.74, 6) is 0.515. The van der Waals surface area contributed by atoms with Crippen LogP contribution in [0.4, 0.5) is 0 Å². The largest absolute Gasteiger partial charge is 0.496 e. The number of rotatable bonds is 3. The van der Waals surface area contributed by atoms with Crippen LogP contribution in [0.25, 0.3) is 0 Å². The predicted molar refractivity (Wildman–Crippen MR) is 89.6 cm³/mol. The summed E-state index contributed by atoms with van der Waals surface area (Å²) in [6, 6.07) is 1.97. The summed E-state index contributed by atoms with van der Waals surface area (Å²) in [6.07, 6.45) is 1.43. The van der Waals surface area contributed by atoms with Crippen molar-refractivity contribution in [2.75, 3.05) is 21.2 Å². The lowest BCUT2D eigenvalue weighted by Gasteiger charge is -2.32. The molecule has 2 aliphatic heterocycles. The topological polar surface area (TPSA) is 71.8 Å². The molecule has 1 atom stereocenters. The molecule has 130 valence electrons. The molecular weight excluding hydrogens is 309 g/mol. The number of methoxy groups -OCH3 is 1. The quantitative estimate of drug-likeness (QED) is 0.782. The van der Waals surface area contributed by atoms with Gasteiger partial charge in [-0.25, -0.2) is 10.1 Å². The van der Waals surface area contributed by atoms with Gasteiger partial charge in [-0.05, 0) is 33.8 Å². The third-order valence-electron chi connectivity index (χ3n) is 5.00. The monoisotopic (exact) mass is 333 g/mol. The van der Waals surface area contributed by atoms with E-state index < -0.39 is 18.3 Å². The minimum atomic E-state index is -0.478. The van der Waals surface area contributed by atoms with Gasteiger partial charge >= 0.3 is 7.12 Å². The normalized spacial score (nSPS) is 25.5. The summed E-state index contributed by atoms with van der Waals surface area (Å²) >= 11 is 0. The van der Waals surface area contributed by atoms with Crippen molar-refractivity contribution in [3.8, 4) is 5.88 Å². The molecule has 0 N–H and O–H groups in total. The third kappa shape index (κ3) is 2.66. The smallest absolute Gasteiger partial charge is 0.481 e. The van der Waals surface area contributed by atoms with E-state index in [1.54, 1.807) is 18.4 Å². The Kier molecular flexibility index (Phi) is 4.05. The fourth-order valence-corrected chi connectivity index (χ4v) is 2.63. The van der Waals surface area contributed by atoms with Gasteiger partial charge in [-0.15, -0.1) is 5.11 Å². The average Bonchev–Trinajstić information content (AvgIpc) is 2.95. The molecule has 1 aromatic heterocycles. The minimum absolute atomic E-state index is 0.292. The van der Waals surface area contributed by atoms with E-state index in [1.165, 1.54) is 0 Å². The Balaban J connectivity index is 1.95. The van der Waals surface area contributed by atoms with Gasteiger partial charge in [0.05, 0.1) is 23.9 Å². The SMILES string of the molecule is COc1ncc(B2OC(C)(C)C(C)(C)O2)cc1C1N=NN(C)N1C. The first-order chi connectivity index (χ1) is 11.2. The molecule has 3 heterocycles. The fraction of sp³-hybridized carbons (Fsp3) is 0.667. The molecule has 0 amide bonds. The second-order valence-corrected chi connectivity index (χ2v) is 7.10. The number of hydrogen-bond donors (Lipinski definition) is 0. The van der Waals surface area contributed by atoms with E-state index in [2.05, 4.69) is 15.3 Å². The van der Waals surface area contributed by atoms with Crippen molar-refractivity contribution >= 4 is 12.6 Å². The zero-order chi connectivity index (χ0) is 17.7. The lowest BCUT2D eigenvalue weighted by atomic mass is 9.79. The molecule has 0 aromatic carbocycles. The third-order valence-corrected chi connectivity index (χ3v) is 5.00. The second kappa shape index (κ2) is 5.68. The van der Waals surface area contributed by atoms with E-state index in [-0.39, 0.29) is 6.17 Å². The van der Waals surface area contributed by atoms with Crippen molar-refractivity contribution in [1.29, 1.82) is 0 Å². The molecule has 3 rings (SSSR count). The van der Waals surface area contributed by atoms with Crippen LogP contribution in [0.2, 0.25) is 0 Å². The summed E-state index contributed by atoms with van der Waals surface area (Å²) in [5, 5.41) is 11.9. The molecule has 0 aliphatic carbocycles. The lowest BCUT2D eigenvalue weighted by molar-refractivity contribution is 0.00578. The van der Waals surface area contributed by atoms with Gasteiger partial charge in [0.15, 0.2) is 6.17 Å². The van der Waals surface area contributed by atoms with E-state index in [4.69, 9.17) is 14.0 Å². The number of hydrazine groups is 1. The van der Waals surface area contributed by atoms with E-state index in [1.807, 2.05) is 52.9 Å². The Bertz CT molecular complexity index is 651. The Morgan fingerprint density at radius 2 is 1.79 bits per heavy atom. The van der Waals surface area contributed by atoms with Gasteiger partial charge < -0.3 is 14.0 Å². The molecule has 0 radical (unpaired) electrons. The van der Waals surface area contributed by atoms with Crippen molar-refractivity contribution in [3.05, 3.63) is 17.8 Å². The summed E-state index contributed by atoms with van der Waals surface area (Å²) in [5.41, 5.74) is 0.854. The Morgan fingerprint density at radius 1 is 1.17 bits per heavy atom. The van der Waals surface area contributed by atoms with Crippen LogP contribution in [0.5, 0.6) is 5.88 Å². The maximum absolute atomic E-state index is 6.11. The molecule has 9 heteroatoms. The Morgan fingerprint density at radius 3 is 2.29 bits per heavy atom. The molecule has 0 bridgehead atoms. The van der Waals surface area contributed by atoms with Gasteiger partial charge in [0, 0.05) is 25.8 Å². The van der Waals surface area contributed by atoms with Gasteiger partial charge in [-0.2, -0.15) is 5.01 Å². The molecule has 8 nitrogen and oxygen atoms in total. The van der Waals surface area contributed by atoms with Gasteiger partial charge in [0.25, 0.3) is 0 Å². The first-order valence-corrected chi connectivity index (χ1v) is 7.93. The maximum atomic E-state index is 6.11. The van der Waals surface area contributed by atoms with Crippen molar-refractivity contribution < 1.29 is 14.0 Å². The van der Waals surface area contributed by atoms with Crippen LogP contribution in [-0.2, 0) is 9.31 Å². The number of ether oxygens (including phenoxy) is 1. The molecule has 0 saturated carbocycles. The average molecular weight is 333 g/mol. The van der Waals surface area contributed by atoms with Crippen LogP contribution in [0.1, 0.15) is 39.4 Å². The molecule has 0 spiro atoms. The summed E-state index contributed by atoms with van der Waals surface area (Å²) in [6.45, 7) is 8.11. The highest BCUT2D eigenvalue weighted by molar-refractivity contribution is 6.62. The molecule has 1 aromatic rings. The Hall–Kier alpha value is -1.71. The van der Waals surface area contributed by atoms with Crippen molar-refractivity contribution in [1.82, 2.24) is 15.1 Å². The number of hydrogen-bond acceptors (Lipinski definition) is 8. The minimum Gasteiger partial charge on any atom is -0.481 e. The molecule has 1 fully saturated rings. The zero-order valence-corrected chi connectivity index (χ0v) is 15.3. The summed E-state index contributed by atoms with van der Waals surface area (Å²) in [4.78, 5) is 4.41. The molecule has 1 saturated heterocycles. The standard InChI is InChI=1S/C15H24BN5O3/c1-14(2)15(3,4)24-16(23-14)10-8-11(13(22-7)17-9-10)12-18-19-21(6)20(12)5/h8-9,12H,1-7H3. The highest BCUT2D eigenvalue weighted by Crippen LogP contribution is 2.37. The van der Waals surface area contributed by atoms with E-state index in [0.717, 1.165) is 11.0 Å². The summed E-state index contributed by atoms with van der Waals surface area (Å²) < 4.78 is 17.6. The molecule has 1 unspecified atom stereocenters. The highest BCUT2D eigenvalue weighted by Gasteiger charge is 2.52. The second-order valence-electron chi connectivity index (χ2n) is 7.10. The highest BCUT2D eigenvalue weighted by atomic mass is 16.7. The summed E-state index contributed by atoms with van der Waals surface area (Å²) in [7, 11) is 4.86. The van der Waals surface area contributed by atoms with E-state index in [9.17, 15) is 0 Å². The van der Waals surface area contributed by atoms with Crippen LogP contribution in [0, 0.1) is 0 Å². The van der Waals surface area contributed by atoms with Crippen LogP contribution in [0.3, 0.4) is 0 Å². The van der Waals surface area contributed by atoms with E-state index >= 15 is 0 Å². The number of nitrogens with zero attached hydrogens (tertiary/aromatic N) is 5. The van der Waals surface area contributed by atoms with Gasteiger partial charge in [-0.1, -0.05) is 5.22 Å². The first kappa shape index (κ1) is 17.1. The molecular formula is C15H24BN5O3. The van der Waals surface area contributed by atoms with Crippen LogP contribution >= 0.6 is 0 Å². The Labute approximate surface area is 142 Å². The first-order valence-electron chi connectivity index (χ1n) is 7.93. The molecule has 2 aliphatic rings. The molecule has 24 heavy (non-hydrogen) atoms. The number of aromatic nitrogens is 1. The van der Waals surface area contributed by atoms with Crippen LogP contribution in [-0.4, -0.2) is 54.6 Å². The maximum Gasteiger partial charge on any atom is 0.496 e. The van der Waals surface area contributed by atoms with Crippen LogP contribution < -0.4 is 10.2 Å². The van der Waals surface area contributed by atoms with Crippen molar-refractivity contribution in [2.24, 2.45) is 10.3 Å². The van der Waals surface area contributed by atoms with Gasteiger partial charge in [-0.3, -0.25) is 0 Å².